The molecule has 2 unspecified atom stereocenters. The normalized spacial score (nSPS) is 25.4. The van der Waals surface area contributed by atoms with Crippen molar-refractivity contribution >= 4 is 29.1 Å². The highest BCUT2D eigenvalue weighted by Gasteiger charge is 2.58. The fourth-order valence-electron chi connectivity index (χ4n) is 5.08. The first-order valence-electron chi connectivity index (χ1n) is 10.8. The standard InChI is InChI=1S/C23H23ClF4N4O2/c1-12-3-4-18(16(25)5-12)32(20(33)19(24)26)22(2,15-9-29-11-30-10-15)21(34)31-17-7-14-6-13(17)8-23(14,27)28/h3-5,9-11,13-14,17,19H,6-8H2,1-2H3,(H,31,34)/t13?,14?,17-,19+,22-/m1/s1. The third kappa shape index (κ3) is 4.12. The number of anilines is 1. The fraction of sp³-hybridized carbons (Fsp3) is 0.478. The van der Waals surface area contributed by atoms with Crippen molar-refractivity contribution in [2.75, 3.05) is 4.90 Å². The molecule has 0 saturated heterocycles. The first-order valence-corrected chi connectivity index (χ1v) is 11.2. The molecule has 1 aromatic carbocycles. The van der Waals surface area contributed by atoms with Gasteiger partial charge in [-0.3, -0.25) is 14.5 Å². The highest BCUT2D eigenvalue weighted by Crippen LogP contribution is 2.53. The second-order valence-corrected chi connectivity index (χ2v) is 9.49. The van der Waals surface area contributed by atoms with E-state index in [2.05, 4.69) is 15.3 Å². The van der Waals surface area contributed by atoms with E-state index in [4.69, 9.17) is 11.6 Å². The molecule has 4 rings (SSSR count). The summed E-state index contributed by atoms with van der Waals surface area (Å²) in [6.45, 7) is 2.92. The Hall–Kier alpha value is -2.75. The van der Waals surface area contributed by atoms with Crippen LogP contribution in [0, 0.1) is 24.6 Å². The number of carbonyl (C=O) groups excluding carboxylic acids is 2. The average Bonchev–Trinajstić information content (AvgIpc) is 3.31. The van der Waals surface area contributed by atoms with Crippen LogP contribution in [0.4, 0.5) is 23.2 Å². The zero-order chi connectivity index (χ0) is 24.8. The lowest BCUT2D eigenvalue weighted by molar-refractivity contribution is -0.132. The minimum atomic E-state index is -2.78. The number of amides is 2. The maximum atomic E-state index is 15.0. The summed E-state index contributed by atoms with van der Waals surface area (Å²) >= 11 is 5.48. The van der Waals surface area contributed by atoms with Crippen LogP contribution in [0.2, 0.25) is 0 Å². The Labute approximate surface area is 198 Å². The van der Waals surface area contributed by atoms with Crippen LogP contribution in [0.3, 0.4) is 0 Å². The van der Waals surface area contributed by atoms with E-state index in [0.29, 0.717) is 10.5 Å². The van der Waals surface area contributed by atoms with E-state index in [0.717, 1.165) is 6.07 Å². The van der Waals surface area contributed by atoms with Crippen molar-refractivity contribution in [3.63, 3.8) is 0 Å². The summed E-state index contributed by atoms with van der Waals surface area (Å²) in [6.07, 6.45) is 3.67. The van der Waals surface area contributed by atoms with E-state index < -0.39 is 52.6 Å². The predicted molar refractivity (Wildman–Crippen MR) is 116 cm³/mol. The van der Waals surface area contributed by atoms with Gasteiger partial charge >= 0.3 is 0 Å². The van der Waals surface area contributed by atoms with Crippen LogP contribution in [0.15, 0.2) is 36.9 Å². The van der Waals surface area contributed by atoms with Crippen molar-refractivity contribution in [3.8, 4) is 0 Å². The van der Waals surface area contributed by atoms with Crippen molar-refractivity contribution in [2.24, 2.45) is 11.8 Å². The van der Waals surface area contributed by atoms with Gasteiger partial charge in [-0.15, -0.1) is 0 Å². The third-order valence-electron chi connectivity index (χ3n) is 6.91. The number of aromatic nitrogens is 2. The van der Waals surface area contributed by atoms with E-state index in [-0.39, 0.29) is 30.5 Å². The van der Waals surface area contributed by atoms with Gasteiger partial charge < -0.3 is 5.32 Å². The molecule has 0 aliphatic heterocycles. The summed E-state index contributed by atoms with van der Waals surface area (Å²) in [5.74, 6) is -7.13. The molecular weight excluding hydrogens is 476 g/mol. The van der Waals surface area contributed by atoms with Crippen LogP contribution in [0.1, 0.15) is 37.3 Å². The van der Waals surface area contributed by atoms with Crippen molar-refractivity contribution in [1.82, 2.24) is 15.3 Å². The van der Waals surface area contributed by atoms with Gasteiger partial charge in [0.15, 0.2) is 5.54 Å². The molecule has 1 aromatic heterocycles. The maximum absolute atomic E-state index is 15.0. The molecule has 0 radical (unpaired) electrons. The van der Waals surface area contributed by atoms with Crippen molar-refractivity contribution < 1.29 is 27.2 Å². The summed E-state index contributed by atoms with van der Waals surface area (Å²) in [5, 5.41) is 2.75. The summed E-state index contributed by atoms with van der Waals surface area (Å²) < 4.78 is 57.2. The Balaban J connectivity index is 1.78. The van der Waals surface area contributed by atoms with Crippen molar-refractivity contribution in [2.45, 2.75) is 56.2 Å². The van der Waals surface area contributed by atoms with Crippen LogP contribution >= 0.6 is 11.6 Å². The van der Waals surface area contributed by atoms with Gasteiger partial charge in [-0.05, 0) is 50.3 Å². The molecule has 0 spiro atoms. The Morgan fingerprint density at radius 3 is 2.47 bits per heavy atom. The zero-order valence-electron chi connectivity index (χ0n) is 18.4. The minimum Gasteiger partial charge on any atom is -0.351 e. The van der Waals surface area contributed by atoms with Crippen LogP contribution in [-0.2, 0) is 15.1 Å². The second-order valence-electron chi connectivity index (χ2n) is 9.10. The molecule has 11 heteroatoms. The van der Waals surface area contributed by atoms with E-state index in [1.54, 1.807) is 6.92 Å². The molecule has 2 amide bonds. The van der Waals surface area contributed by atoms with Gasteiger partial charge in [0.1, 0.15) is 12.1 Å². The van der Waals surface area contributed by atoms with Gasteiger partial charge in [-0.25, -0.2) is 27.5 Å². The monoisotopic (exact) mass is 498 g/mol. The molecule has 2 fully saturated rings. The lowest BCUT2D eigenvalue weighted by Crippen LogP contribution is -2.60. The molecule has 2 aliphatic rings. The number of hydrogen-bond donors (Lipinski definition) is 1. The van der Waals surface area contributed by atoms with E-state index in [9.17, 15) is 22.8 Å². The minimum absolute atomic E-state index is 0.0617. The summed E-state index contributed by atoms with van der Waals surface area (Å²) in [6, 6.07) is 3.31. The highest BCUT2D eigenvalue weighted by molar-refractivity contribution is 6.32. The Morgan fingerprint density at radius 2 is 1.94 bits per heavy atom. The molecule has 6 nitrogen and oxygen atoms in total. The molecule has 2 aliphatic carbocycles. The Bertz CT molecular complexity index is 1100. The number of benzene rings is 1. The van der Waals surface area contributed by atoms with Crippen molar-refractivity contribution in [3.05, 3.63) is 53.9 Å². The molecule has 1 heterocycles. The molecule has 1 N–H and O–H groups in total. The number of carbonyl (C=O) groups is 2. The number of hydrogen-bond acceptors (Lipinski definition) is 4. The first-order chi connectivity index (χ1) is 15.9. The topological polar surface area (TPSA) is 75.2 Å². The number of fused-ring (bicyclic) bond motifs is 2. The van der Waals surface area contributed by atoms with Gasteiger partial charge in [0.25, 0.3) is 23.4 Å². The van der Waals surface area contributed by atoms with E-state index in [1.807, 2.05) is 0 Å². The van der Waals surface area contributed by atoms with Gasteiger partial charge in [0.2, 0.25) is 0 Å². The quantitative estimate of drug-likeness (QED) is 0.477. The average molecular weight is 499 g/mol. The lowest BCUT2D eigenvalue weighted by Gasteiger charge is -2.41. The van der Waals surface area contributed by atoms with E-state index in [1.165, 1.54) is 37.8 Å². The van der Waals surface area contributed by atoms with Crippen LogP contribution in [0.25, 0.3) is 0 Å². The number of rotatable bonds is 6. The summed E-state index contributed by atoms with van der Waals surface area (Å²) in [5.41, 5.74) is -4.41. The molecular formula is C23H23ClF4N4O2. The summed E-state index contributed by atoms with van der Waals surface area (Å²) in [4.78, 5) is 35.2. The Kier molecular flexibility index (Phi) is 6.30. The maximum Gasteiger partial charge on any atom is 0.278 e. The first kappa shape index (κ1) is 24.4. The Morgan fingerprint density at radius 1 is 1.26 bits per heavy atom. The van der Waals surface area contributed by atoms with Crippen molar-refractivity contribution in [1.29, 1.82) is 0 Å². The molecule has 2 bridgehead atoms. The largest absolute Gasteiger partial charge is 0.351 e. The molecule has 5 atom stereocenters. The zero-order valence-corrected chi connectivity index (χ0v) is 19.2. The SMILES string of the molecule is Cc1ccc(N(C(=O)[C@H](F)Cl)[C@@](C)(C(=O)N[C@@H]2CC3CC2CC3(F)F)c2cncnc2)c(F)c1. The third-order valence-corrected chi connectivity index (χ3v) is 7.09. The molecule has 34 heavy (non-hydrogen) atoms. The summed E-state index contributed by atoms with van der Waals surface area (Å²) in [7, 11) is 0. The van der Waals surface area contributed by atoms with Crippen LogP contribution in [-0.4, -0.2) is 39.4 Å². The molecule has 182 valence electrons. The van der Waals surface area contributed by atoms with Gasteiger partial charge in [-0.1, -0.05) is 17.7 Å². The van der Waals surface area contributed by atoms with E-state index >= 15 is 4.39 Å². The molecule has 2 aromatic rings. The predicted octanol–water partition coefficient (Wildman–Crippen LogP) is 4.26. The number of aryl methyl sites for hydroxylation is 1. The lowest BCUT2D eigenvalue weighted by atomic mass is 9.87. The highest BCUT2D eigenvalue weighted by atomic mass is 35.5. The van der Waals surface area contributed by atoms with Gasteiger partial charge in [0.05, 0.1) is 5.69 Å². The number of alkyl halides is 4. The second kappa shape index (κ2) is 8.79. The van der Waals surface area contributed by atoms with Gasteiger partial charge in [-0.2, -0.15) is 0 Å². The molecule has 2 saturated carbocycles. The van der Waals surface area contributed by atoms with Crippen LogP contribution in [0.5, 0.6) is 0 Å². The number of nitrogens with one attached hydrogen (secondary N) is 1. The number of nitrogens with zero attached hydrogens (tertiary/aromatic N) is 3. The number of halogens is 5. The van der Waals surface area contributed by atoms with Crippen LogP contribution < -0.4 is 10.2 Å². The smallest absolute Gasteiger partial charge is 0.278 e. The van der Waals surface area contributed by atoms with Gasteiger partial charge in [0, 0.05) is 36.3 Å². The fourth-order valence-corrected chi connectivity index (χ4v) is 5.18.